The van der Waals surface area contributed by atoms with E-state index in [9.17, 15) is 9.59 Å². The summed E-state index contributed by atoms with van der Waals surface area (Å²) in [5.41, 5.74) is -0.521. The number of benzene rings is 1. The maximum atomic E-state index is 11.9. The van der Waals surface area contributed by atoms with Gasteiger partial charge >= 0.3 is 5.97 Å². The average Bonchev–Trinajstić information content (AvgIpc) is 2.22. The molecule has 0 saturated carbocycles. The van der Waals surface area contributed by atoms with Crippen LogP contribution in [-0.2, 0) is 9.59 Å². The Labute approximate surface area is 136 Å². The van der Waals surface area contributed by atoms with Gasteiger partial charge in [-0.15, -0.1) is 0 Å². The van der Waals surface area contributed by atoms with Crippen molar-refractivity contribution < 1.29 is 14.7 Å². The maximum Gasteiger partial charge on any atom is 0.309 e. The van der Waals surface area contributed by atoms with E-state index < -0.39 is 11.4 Å². The van der Waals surface area contributed by atoms with Crippen molar-refractivity contribution in [2.45, 2.75) is 20.3 Å². The topological polar surface area (TPSA) is 66.4 Å². The molecule has 0 aliphatic rings. The van der Waals surface area contributed by atoms with Crippen LogP contribution in [-0.4, -0.2) is 17.0 Å². The Bertz CT molecular complexity index is 506. The number of carboxylic acids is 1. The molecule has 0 aromatic heterocycles. The van der Waals surface area contributed by atoms with E-state index in [0.29, 0.717) is 14.6 Å². The fourth-order valence-corrected chi connectivity index (χ4v) is 3.78. The molecule has 19 heavy (non-hydrogen) atoms. The van der Waals surface area contributed by atoms with Gasteiger partial charge in [-0.2, -0.15) is 0 Å². The second-order valence-electron chi connectivity index (χ2n) is 4.66. The summed E-state index contributed by atoms with van der Waals surface area (Å²) in [6.45, 7) is 3.03. The fourth-order valence-electron chi connectivity index (χ4n) is 1.32. The molecule has 0 radical (unpaired) electrons. The van der Waals surface area contributed by atoms with Crippen LogP contribution in [0, 0.1) is 5.41 Å². The third-order valence-electron chi connectivity index (χ3n) is 2.45. The molecular weight excluding hydrogens is 446 g/mol. The van der Waals surface area contributed by atoms with Gasteiger partial charge in [0.05, 0.1) is 11.1 Å². The Morgan fingerprint density at radius 2 is 1.68 bits per heavy atom. The molecule has 0 bridgehead atoms. The van der Waals surface area contributed by atoms with Crippen molar-refractivity contribution in [3.05, 3.63) is 25.6 Å². The summed E-state index contributed by atoms with van der Waals surface area (Å²) in [7, 11) is 0. The van der Waals surface area contributed by atoms with Crippen LogP contribution < -0.4 is 5.32 Å². The number of carboxylic acid groups (broad SMARTS) is 1. The molecule has 104 valence electrons. The van der Waals surface area contributed by atoms with Crippen molar-refractivity contribution in [1.29, 1.82) is 0 Å². The molecule has 1 amide bonds. The van der Waals surface area contributed by atoms with E-state index in [2.05, 4.69) is 53.1 Å². The van der Waals surface area contributed by atoms with Crippen molar-refractivity contribution in [2.24, 2.45) is 5.41 Å². The molecular formula is C12H12Br3NO3. The molecule has 0 heterocycles. The van der Waals surface area contributed by atoms with Gasteiger partial charge in [0, 0.05) is 19.8 Å². The van der Waals surface area contributed by atoms with E-state index in [1.165, 1.54) is 13.8 Å². The van der Waals surface area contributed by atoms with E-state index in [1.54, 1.807) is 12.1 Å². The minimum Gasteiger partial charge on any atom is -0.481 e. The number of aliphatic carboxylic acids is 1. The highest BCUT2D eigenvalue weighted by atomic mass is 79.9. The molecule has 1 rings (SSSR count). The average molecular weight is 458 g/mol. The van der Waals surface area contributed by atoms with Gasteiger partial charge in [-0.05, 0) is 57.8 Å². The summed E-state index contributed by atoms with van der Waals surface area (Å²) >= 11 is 10.0. The zero-order valence-electron chi connectivity index (χ0n) is 10.3. The summed E-state index contributed by atoms with van der Waals surface area (Å²) in [6, 6.07) is 3.59. The molecule has 0 aliphatic heterocycles. The Hall–Kier alpha value is -0.400. The van der Waals surface area contributed by atoms with Crippen LogP contribution in [0.15, 0.2) is 25.6 Å². The smallest absolute Gasteiger partial charge is 0.309 e. The van der Waals surface area contributed by atoms with Crippen molar-refractivity contribution >= 4 is 65.4 Å². The highest BCUT2D eigenvalue weighted by Crippen LogP contribution is 2.35. The van der Waals surface area contributed by atoms with Gasteiger partial charge in [0.25, 0.3) is 0 Å². The first-order valence-electron chi connectivity index (χ1n) is 5.31. The summed E-state index contributed by atoms with van der Waals surface area (Å²) in [5, 5.41) is 11.7. The monoisotopic (exact) mass is 455 g/mol. The lowest BCUT2D eigenvalue weighted by Crippen LogP contribution is -2.29. The number of hydrogen-bond donors (Lipinski definition) is 2. The lowest BCUT2D eigenvalue weighted by molar-refractivity contribution is -0.148. The molecule has 0 spiro atoms. The summed E-state index contributed by atoms with van der Waals surface area (Å²) in [6.07, 6.45) is -0.0999. The predicted molar refractivity (Wildman–Crippen MR) is 84.2 cm³/mol. The number of halogens is 3. The van der Waals surface area contributed by atoms with E-state index in [0.717, 1.165) is 4.47 Å². The third-order valence-corrected chi connectivity index (χ3v) is 4.16. The number of anilines is 1. The molecule has 0 fully saturated rings. The molecule has 4 nitrogen and oxygen atoms in total. The quantitative estimate of drug-likeness (QED) is 0.703. The number of nitrogens with one attached hydrogen (secondary N) is 1. The number of rotatable bonds is 4. The molecule has 1 aromatic carbocycles. The van der Waals surface area contributed by atoms with Crippen LogP contribution in [0.2, 0.25) is 0 Å². The van der Waals surface area contributed by atoms with E-state index in [1.807, 2.05) is 0 Å². The predicted octanol–water partition coefficient (Wildman–Crippen LogP) is 4.41. The second kappa shape index (κ2) is 6.37. The van der Waals surface area contributed by atoms with E-state index >= 15 is 0 Å². The molecule has 0 atom stereocenters. The molecule has 0 saturated heterocycles. The minimum atomic E-state index is -1.10. The Kier molecular flexibility index (Phi) is 5.58. The highest BCUT2D eigenvalue weighted by molar-refractivity contribution is 9.11. The van der Waals surface area contributed by atoms with Crippen LogP contribution in [0.5, 0.6) is 0 Å². The first-order chi connectivity index (χ1) is 8.63. The van der Waals surface area contributed by atoms with Crippen molar-refractivity contribution in [2.75, 3.05) is 5.32 Å². The van der Waals surface area contributed by atoms with Gasteiger partial charge in [0.15, 0.2) is 0 Å². The van der Waals surface area contributed by atoms with E-state index in [4.69, 9.17) is 5.11 Å². The summed E-state index contributed by atoms with van der Waals surface area (Å²) < 4.78 is 2.26. The largest absolute Gasteiger partial charge is 0.481 e. The van der Waals surface area contributed by atoms with Gasteiger partial charge in [-0.3, -0.25) is 9.59 Å². The molecule has 2 N–H and O–H groups in total. The Morgan fingerprint density at radius 1 is 1.21 bits per heavy atom. The first-order valence-corrected chi connectivity index (χ1v) is 7.69. The van der Waals surface area contributed by atoms with Crippen LogP contribution in [0.25, 0.3) is 0 Å². The van der Waals surface area contributed by atoms with Crippen LogP contribution >= 0.6 is 47.8 Å². The van der Waals surface area contributed by atoms with Crippen LogP contribution in [0.3, 0.4) is 0 Å². The molecule has 0 unspecified atom stereocenters. The SMILES string of the molecule is CC(C)(CC(=O)Nc1c(Br)cc(Br)cc1Br)C(=O)O. The lowest BCUT2D eigenvalue weighted by Gasteiger charge is -2.19. The summed E-state index contributed by atoms with van der Waals surface area (Å²) in [5.74, 6) is -1.35. The highest BCUT2D eigenvalue weighted by Gasteiger charge is 2.30. The zero-order valence-corrected chi connectivity index (χ0v) is 15.0. The second-order valence-corrected chi connectivity index (χ2v) is 7.28. The zero-order chi connectivity index (χ0) is 14.8. The van der Waals surface area contributed by atoms with E-state index in [-0.39, 0.29) is 12.3 Å². The van der Waals surface area contributed by atoms with Crippen molar-refractivity contribution in [3.63, 3.8) is 0 Å². The number of carbonyl (C=O) groups excluding carboxylic acids is 1. The van der Waals surface area contributed by atoms with Gasteiger partial charge in [-0.25, -0.2) is 0 Å². The Balaban J connectivity index is 2.87. The lowest BCUT2D eigenvalue weighted by atomic mass is 9.89. The summed E-state index contributed by atoms with van der Waals surface area (Å²) in [4.78, 5) is 22.9. The van der Waals surface area contributed by atoms with Gasteiger partial charge in [-0.1, -0.05) is 15.9 Å². The number of hydrogen-bond acceptors (Lipinski definition) is 2. The normalized spacial score (nSPS) is 11.2. The maximum absolute atomic E-state index is 11.9. The first kappa shape index (κ1) is 16.7. The van der Waals surface area contributed by atoms with Crippen LogP contribution in [0.1, 0.15) is 20.3 Å². The minimum absolute atomic E-state index is 0.0999. The van der Waals surface area contributed by atoms with Crippen molar-refractivity contribution in [1.82, 2.24) is 0 Å². The Morgan fingerprint density at radius 3 is 2.11 bits per heavy atom. The van der Waals surface area contributed by atoms with Gasteiger partial charge in [0.2, 0.25) is 5.91 Å². The van der Waals surface area contributed by atoms with Crippen molar-refractivity contribution in [3.8, 4) is 0 Å². The van der Waals surface area contributed by atoms with Gasteiger partial charge < -0.3 is 10.4 Å². The van der Waals surface area contributed by atoms with Crippen LogP contribution in [0.4, 0.5) is 5.69 Å². The third kappa shape index (κ3) is 4.57. The number of carbonyl (C=O) groups is 2. The fraction of sp³-hybridized carbons (Fsp3) is 0.333. The standard InChI is InChI=1S/C12H12Br3NO3/c1-12(2,11(18)19)5-9(17)16-10-7(14)3-6(13)4-8(10)15/h3-4H,5H2,1-2H3,(H,16,17)(H,18,19). The molecule has 7 heteroatoms. The van der Waals surface area contributed by atoms with Gasteiger partial charge in [0.1, 0.15) is 0 Å². The number of amides is 1. The molecule has 1 aromatic rings. The molecule has 0 aliphatic carbocycles.